The van der Waals surface area contributed by atoms with Crippen LogP contribution in [0.15, 0.2) is 71.5 Å². The molecule has 120 valence electrons. The van der Waals surface area contributed by atoms with Gasteiger partial charge in [0.05, 0.1) is 6.54 Å². The van der Waals surface area contributed by atoms with E-state index in [2.05, 4.69) is 10.4 Å². The minimum atomic E-state index is -0.347. The van der Waals surface area contributed by atoms with Crippen LogP contribution in [0.2, 0.25) is 0 Å². The van der Waals surface area contributed by atoms with E-state index < -0.39 is 0 Å². The van der Waals surface area contributed by atoms with E-state index in [1.54, 1.807) is 12.1 Å². The van der Waals surface area contributed by atoms with Gasteiger partial charge in [-0.3, -0.25) is 9.59 Å². The van der Waals surface area contributed by atoms with Gasteiger partial charge in [-0.1, -0.05) is 42.5 Å². The van der Waals surface area contributed by atoms with Crippen LogP contribution in [0.3, 0.4) is 0 Å². The Morgan fingerprint density at radius 1 is 1.00 bits per heavy atom. The van der Waals surface area contributed by atoms with E-state index in [9.17, 15) is 9.59 Å². The summed E-state index contributed by atoms with van der Waals surface area (Å²) >= 11 is 0. The first-order valence-electron chi connectivity index (χ1n) is 7.62. The second-order valence-electron chi connectivity index (χ2n) is 5.46. The van der Waals surface area contributed by atoms with Gasteiger partial charge in [-0.2, -0.15) is 5.10 Å². The first-order chi connectivity index (χ1) is 11.6. The van der Waals surface area contributed by atoms with Crippen molar-refractivity contribution in [2.75, 3.05) is 5.32 Å². The Labute approximate surface area is 139 Å². The summed E-state index contributed by atoms with van der Waals surface area (Å²) in [4.78, 5) is 24.3. The van der Waals surface area contributed by atoms with Crippen LogP contribution in [-0.2, 0) is 6.54 Å². The molecule has 0 saturated heterocycles. The first kappa shape index (κ1) is 15.7. The number of amides is 1. The van der Waals surface area contributed by atoms with Crippen LogP contribution >= 0.6 is 0 Å². The number of hydrogen-bond acceptors (Lipinski definition) is 3. The Bertz CT molecular complexity index is 917. The first-order valence-corrected chi connectivity index (χ1v) is 7.62. The molecule has 0 fully saturated rings. The Balaban J connectivity index is 1.85. The third-order valence-corrected chi connectivity index (χ3v) is 3.71. The van der Waals surface area contributed by atoms with Crippen molar-refractivity contribution in [1.29, 1.82) is 0 Å². The highest BCUT2D eigenvalue weighted by Crippen LogP contribution is 2.09. The molecule has 2 aromatic carbocycles. The number of nitrogens with zero attached hydrogens (tertiary/aromatic N) is 2. The molecule has 3 aromatic rings. The molecule has 0 aliphatic rings. The standard InChI is InChI=1S/C19H17N3O2/c1-14-7-5-6-8-15(14)13-22-18(23)12-11-17(21-22)19(24)20-16-9-3-2-4-10-16/h2-12H,13H2,1H3,(H,20,24). The summed E-state index contributed by atoms with van der Waals surface area (Å²) in [7, 11) is 0. The molecular formula is C19H17N3O2. The number of aryl methyl sites for hydroxylation is 1. The van der Waals surface area contributed by atoms with Crippen LogP contribution in [0, 0.1) is 6.92 Å². The number of carbonyl (C=O) groups excluding carboxylic acids is 1. The van der Waals surface area contributed by atoms with Gasteiger partial charge in [-0.05, 0) is 36.2 Å². The summed E-state index contributed by atoms with van der Waals surface area (Å²) in [5.74, 6) is -0.347. The number of hydrogen-bond donors (Lipinski definition) is 1. The zero-order valence-corrected chi connectivity index (χ0v) is 13.3. The van der Waals surface area contributed by atoms with Crippen molar-refractivity contribution >= 4 is 11.6 Å². The van der Waals surface area contributed by atoms with E-state index >= 15 is 0 Å². The summed E-state index contributed by atoms with van der Waals surface area (Å²) in [6.07, 6.45) is 0. The van der Waals surface area contributed by atoms with Crippen LogP contribution in [0.5, 0.6) is 0 Å². The smallest absolute Gasteiger partial charge is 0.276 e. The van der Waals surface area contributed by atoms with Gasteiger partial charge in [0.15, 0.2) is 0 Å². The second-order valence-corrected chi connectivity index (χ2v) is 5.46. The fraction of sp³-hybridized carbons (Fsp3) is 0.105. The Morgan fingerprint density at radius 3 is 2.46 bits per heavy atom. The van der Waals surface area contributed by atoms with Gasteiger partial charge < -0.3 is 5.32 Å². The molecule has 1 amide bonds. The molecule has 0 bridgehead atoms. The molecule has 0 atom stereocenters. The minimum absolute atomic E-state index is 0.201. The highest BCUT2D eigenvalue weighted by Gasteiger charge is 2.10. The van der Waals surface area contributed by atoms with Crippen molar-refractivity contribution in [3.05, 3.63) is 93.9 Å². The van der Waals surface area contributed by atoms with E-state index in [1.165, 1.54) is 16.8 Å². The van der Waals surface area contributed by atoms with E-state index in [-0.39, 0.29) is 17.2 Å². The zero-order chi connectivity index (χ0) is 16.9. The third-order valence-electron chi connectivity index (χ3n) is 3.71. The highest BCUT2D eigenvalue weighted by molar-refractivity contribution is 6.02. The number of benzene rings is 2. The van der Waals surface area contributed by atoms with Crippen LogP contribution in [0.4, 0.5) is 5.69 Å². The van der Waals surface area contributed by atoms with Gasteiger partial charge in [0.25, 0.3) is 11.5 Å². The molecule has 1 aromatic heterocycles. The number of aromatic nitrogens is 2. The van der Waals surface area contributed by atoms with Crippen molar-refractivity contribution in [2.45, 2.75) is 13.5 Å². The molecule has 0 aliphatic heterocycles. The van der Waals surface area contributed by atoms with Crippen molar-refractivity contribution in [2.24, 2.45) is 0 Å². The fourth-order valence-electron chi connectivity index (χ4n) is 2.35. The number of carbonyl (C=O) groups is 1. The maximum Gasteiger partial charge on any atom is 0.276 e. The van der Waals surface area contributed by atoms with Gasteiger partial charge in [-0.15, -0.1) is 0 Å². The number of anilines is 1. The summed E-state index contributed by atoms with van der Waals surface area (Å²) in [6.45, 7) is 2.31. The third kappa shape index (κ3) is 3.57. The zero-order valence-electron chi connectivity index (χ0n) is 13.3. The molecule has 0 radical (unpaired) electrons. The fourth-order valence-corrected chi connectivity index (χ4v) is 2.35. The van der Waals surface area contributed by atoms with Crippen molar-refractivity contribution in [3.63, 3.8) is 0 Å². The Hall–Kier alpha value is -3.21. The van der Waals surface area contributed by atoms with Crippen molar-refractivity contribution < 1.29 is 4.79 Å². The second kappa shape index (κ2) is 6.91. The lowest BCUT2D eigenvalue weighted by molar-refractivity contribution is 0.102. The largest absolute Gasteiger partial charge is 0.321 e. The van der Waals surface area contributed by atoms with Crippen LogP contribution in [0.1, 0.15) is 21.6 Å². The van der Waals surface area contributed by atoms with Crippen LogP contribution in [-0.4, -0.2) is 15.7 Å². The summed E-state index contributed by atoms with van der Waals surface area (Å²) in [5.41, 5.74) is 2.71. The Morgan fingerprint density at radius 2 is 1.71 bits per heavy atom. The van der Waals surface area contributed by atoms with Crippen LogP contribution in [0.25, 0.3) is 0 Å². The SMILES string of the molecule is Cc1ccccc1Cn1nc(C(=O)Nc2ccccc2)ccc1=O. The monoisotopic (exact) mass is 319 g/mol. The van der Waals surface area contributed by atoms with E-state index in [4.69, 9.17) is 0 Å². The predicted octanol–water partition coefficient (Wildman–Crippen LogP) is 2.85. The highest BCUT2D eigenvalue weighted by atomic mass is 16.2. The molecule has 1 heterocycles. The normalized spacial score (nSPS) is 10.4. The average molecular weight is 319 g/mol. The maximum absolute atomic E-state index is 12.3. The number of para-hydroxylation sites is 1. The Kier molecular flexibility index (Phi) is 4.52. The topological polar surface area (TPSA) is 64.0 Å². The van der Waals surface area contributed by atoms with Crippen molar-refractivity contribution in [1.82, 2.24) is 9.78 Å². The lowest BCUT2D eigenvalue weighted by Gasteiger charge is -2.09. The lowest BCUT2D eigenvalue weighted by atomic mass is 10.1. The van der Waals surface area contributed by atoms with Crippen molar-refractivity contribution in [3.8, 4) is 0 Å². The maximum atomic E-state index is 12.3. The summed E-state index contributed by atoms with van der Waals surface area (Å²) < 4.78 is 1.31. The number of nitrogens with one attached hydrogen (secondary N) is 1. The summed E-state index contributed by atoms with van der Waals surface area (Å²) in [5, 5.41) is 6.96. The van der Waals surface area contributed by atoms with Gasteiger partial charge in [-0.25, -0.2) is 4.68 Å². The molecule has 1 N–H and O–H groups in total. The molecule has 5 nitrogen and oxygen atoms in total. The molecule has 0 unspecified atom stereocenters. The van der Waals surface area contributed by atoms with Gasteiger partial charge in [0.2, 0.25) is 0 Å². The number of rotatable bonds is 4. The molecule has 3 rings (SSSR count). The molecule has 5 heteroatoms. The molecule has 24 heavy (non-hydrogen) atoms. The van der Waals surface area contributed by atoms with E-state index in [0.717, 1.165) is 11.1 Å². The van der Waals surface area contributed by atoms with E-state index in [1.807, 2.05) is 49.4 Å². The van der Waals surface area contributed by atoms with Gasteiger partial charge >= 0.3 is 0 Å². The molecule has 0 aliphatic carbocycles. The predicted molar refractivity (Wildman–Crippen MR) is 93.2 cm³/mol. The minimum Gasteiger partial charge on any atom is -0.321 e. The summed E-state index contributed by atoms with van der Waals surface area (Å²) in [6, 6.07) is 19.7. The van der Waals surface area contributed by atoms with Crippen LogP contribution < -0.4 is 10.9 Å². The average Bonchev–Trinajstić information content (AvgIpc) is 2.59. The molecular weight excluding hydrogens is 302 g/mol. The quantitative estimate of drug-likeness (QED) is 0.804. The van der Waals surface area contributed by atoms with E-state index in [0.29, 0.717) is 12.2 Å². The molecule has 0 saturated carbocycles. The van der Waals surface area contributed by atoms with Gasteiger partial charge in [0, 0.05) is 11.8 Å². The molecule has 0 spiro atoms. The van der Waals surface area contributed by atoms with Gasteiger partial charge in [0.1, 0.15) is 5.69 Å². The lowest BCUT2D eigenvalue weighted by Crippen LogP contribution is -2.26.